The zero-order valence-corrected chi connectivity index (χ0v) is 11.2. The average Bonchev–Trinajstić information content (AvgIpc) is 2.48. The molecular formula is C17H15NO2. The summed E-state index contributed by atoms with van der Waals surface area (Å²) in [6, 6.07) is 17.5. The van der Waals surface area contributed by atoms with Gasteiger partial charge in [-0.3, -0.25) is 0 Å². The van der Waals surface area contributed by atoms with Gasteiger partial charge in [-0.15, -0.1) is 0 Å². The van der Waals surface area contributed by atoms with Gasteiger partial charge in [0.15, 0.2) is 0 Å². The van der Waals surface area contributed by atoms with Crippen molar-refractivity contribution in [1.29, 1.82) is 0 Å². The van der Waals surface area contributed by atoms with E-state index in [4.69, 9.17) is 4.74 Å². The Labute approximate surface area is 117 Å². The molecule has 20 heavy (non-hydrogen) atoms. The lowest BCUT2D eigenvalue weighted by Gasteiger charge is -2.10. The number of nitrogens with zero attached hydrogens (tertiary/aromatic N) is 1. The van der Waals surface area contributed by atoms with Gasteiger partial charge in [-0.25, -0.2) is 4.98 Å². The summed E-state index contributed by atoms with van der Waals surface area (Å²) in [5.41, 5.74) is 0.787. The first-order chi connectivity index (χ1) is 9.74. The van der Waals surface area contributed by atoms with Gasteiger partial charge in [-0.05, 0) is 30.0 Å². The van der Waals surface area contributed by atoms with Crippen molar-refractivity contribution in [3.8, 4) is 11.6 Å². The van der Waals surface area contributed by atoms with Gasteiger partial charge < -0.3 is 9.84 Å². The van der Waals surface area contributed by atoms with Crippen LogP contribution in [-0.2, 0) is 0 Å². The van der Waals surface area contributed by atoms with Gasteiger partial charge in [-0.1, -0.05) is 36.4 Å². The van der Waals surface area contributed by atoms with Crippen LogP contribution in [0.4, 0.5) is 0 Å². The van der Waals surface area contributed by atoms with Crippen LogP contribution < -0.4 is 4.74 Å². The van der Waals surface area contributed by atoms with Gasteiger partial charge >= 0.3 is 0 Å². The summed E-state index contributed by atoms with van der Waals surface area (Å²) in [6.45, 7) is 1.72. The Morgan fingerprint density at radius 2 is 1.85 bits per heavy atom. The fourth-order valence-corrected chi connectivity index (χ4v) is 2.14. The van der Waals surface area contributed by atoms with Crippen LogP contribution in [0.15, 0.2) is 60.8 Å². The van der Waals surface area contributed by atoms with E-state index in [0.717, 1.165) is 22.1 Å². The third kappa shape index (κ3) is 2.49. The summed E-state index contributed by atoms with van der Waals surface area (Å²) in [4.78, 5) is 4.19. The van der Waals surface area contributed by atoms with Crippen LogP contribution in [0.1, 0.15) is 18.6 Å². The third-order valence-corrected chi connectivity index (χ3v) is 3.21. The zero-order valence-electron chi connectivity index (χ0n) is 11.2. The molecule has 1 N–H and O–H groups in total. The molecule has 0 unspecified atom stereocenters. The molecule has 1 aromatic heterocycles. The third-order valence-electron chi connectivity index (χ3n) is 3.21. The highest BCUT2D eigenvalue weighted by atomic mass is 16.5. The molecule has 3 nitrogen and oxygen atoms in total. The largest absolute Gasteiger partial charge is 0.438 e. The predicted molar refractivity (Wildman–Crippen MR) is 78.9 cm³/mol. The highest BCUT2D eigenvalue weighted by molar-refractivity contribution is 5.88. The molecule has 0 aliphatic heterocycles. The second-order valence-electron chi connectivity index (χ2n) is 4.68. The topological polar surface area (TPSA) is 42.4 Å². The molecule has 0 aliphatic rings. The monoisotopic (exact) mass is 265 g/mol. The van der Waals surface area contributed by atoms with E-state index in [1.165, 1.54) is 0 Å². The summed E-state index contributed by atoms with van der Waals surface area (Å²) in [5, 5.41) is 11.8. The quantitative estimate of drug-likeness (QED) is 0.775. The van der Waals surface area contributed by atoms with Gasteiger partial charge in [-0.2, -0.15) is 0 Å². The molecule has 3 aromatic rings. The van der Waals surface area contributed by atoms with Crippen LogP contribution in [0.5, 0.6) is 11.6 Å². The molecule has 0 saturated heterocycles. The number of ether oxygens (including phenoxy) is 1. The standard InChI is InChI=1S/C17H15NO2/c1-12(19)14-9-10-18-17(11-14)20-16-8-4-6-13-5-2-3-7-15(13)16/h2-12,19H,1H3/t12-/m0/s1. The predicted octanol–water partition coefficient (Wildman–Crippen LogP) is 4.08. The Morgan fingerprint density at radius 3 is 2.70 bits per heavy atom. The van der Waals surface area contributed by atoms with E-state index in [1.54, 1.807) is 25.3 Å². The van der Waals surface area contributed by atoms with E-state index < -0.39 is 6.10 Å². The second-order valence-corrected chi connectivity index (χ2v) is 4.68. The van der Waals surface area contributed by atoms with Crippen LogP contribution >= 0.6 is 0 Å². The van der Waals surface area contributed by atoms with Crippen LogP contribution in [0, 0.1) is 0 Å². The maximum absolute atomic E-state index is 9.60. The lowest BCUT2D eigenvalue weighted by atomic mass is 10.1. The highest BCUT2D eigenvalue weighted by Crippen LogP contribution is 2.29. The van der Waals surface area contributed by atoms with Crippen LogP contribution in [-0.4, -0.2) is 10.1 Å². The molecule has 2 aromatic carbocycles. The summed E-state index contributed by atoms with van der Waals surface area (Å²) >= 11 is 0. The zero-order chi connectivity index (χ0) is 13.9. The van der Waals surface area contributed by atoms with Crippen molar-refractivity contribution in [2.24, 2.45) is 0 Å². The maximum atomic E-state index is 9.60. The number of hydrogen-bond acceptors (Lipinski definition) is 3. The molecule has 0 aliphatic carbocycles. The van der Waals surface area contributed by atoms with Gasteiger partial charge in [0, 0.05) is 17.6 Å². The Morgan fingerprint density at radius 1 is 1.05 bits per heavy atom. The Hall–Kier alpha value is -2.39. The molecule has 100 valence electrons. The molecule has 0 saturated carbocycles. The van der Waals surface area contributed by atoms with Crippen LogP contribution in [0.2, 0.25) is 0 Å². The number of fused-ring (bicyclic) bond motifs is 1. The van der Waals surface area contributed by atoms with Crippen molar-refractivity contribution >= 4 is 10.8 Å². The fourth-order valence-electron chi connectivity index (χ4n) is 2.14. The highest BCUT2D eigenvalue weighted by Gasteiger charge is 2.06. The van der Waals surface area contributed by atoms with E-state index in [9.17, 15) is 5.11 Å². The summed E-state index contributed by atoms with van der Waals surface area (Å²) in [6.07, 6.45) is 1.11. The first-order valence-corrected chi connectivity index (χ1v) is 6.54. The molecular weight excluding hydrogens is 250 g/mol. The second kappa shape index (κ2) is 5.31. The fraction of sp³-hybridized carbons (Fsp3) is 0.118. The molecule has 0 fully saturated rings. The molecule has 3 heteroatoms. The lowest BCUT2D eigenvalue weighted by Crippen LogP contribution is -1.94. The minimum Gasteiger partial charge on any atom is -0.438 e. The summed E-state index contributed by atoms with van der Waals surface area (Å²) in [7, 11) is 0. The molecule has 1 atom stereocenters. The molecule has 1 heterocycles. The summed E-state index contributed by atoms with van der Waals surface area (Å²) < 4.78 is 5.86. The number of aromatic nitrogens is 1. The minimum absolute atomic E-state index is 0.486. The Kier molecular flexibility index (Phi) is 3.35. The van der Waals surface area contributed by atoms with Gasteiger partial charge in [0.05, 0.1) is 6.10 Å². The van der Waals surface area contributed by atoms with Gasteiger partial charge in [0.1, 0.15) is 5.75 Å². The Balaban J connectivity index is 1.99. The molecule has 0 amide bonds. The van der Waals surface area contributed by atoms with E-state index >= 15 is 0 Å². The molecule has 0 spiro atoms. The molecule has 0 bridgehead atoms. The SMILES string of the molecule is C[C@H](O)c1ccnc(Oc2cccc3ccccc23)c1. The maximum Gasteiger partial charge on any atom is 0.219 e. The smallest absolute Gasteiger partial charge is 0.219 e. The van der Waals surface area contributed by atoms with E-state index in [-0.39, 0.29) is 0 Å². The van der Waals surface area contributed by atoms with Crippen molar-refractivity contribution in [3.05, 3.63) is 66.4 Å². The van der Waals surface area contributed by atoms with Crippen LogP contribution in [0.25, 0.3) is 10.8 Å². The Bertz CT molecular complexity index is 732. The number of aliphatic hydroxyl groups excluding tert-OH is 1. The van der Waals surface area contributed by atoms with E-state index in [1.807, 2.05) is 42.5 Å². The van der Waals surface area contributed by atoms with E-state index in [0.29, 0.717) is 5.88 Å². The summed E-state index contributed by atoms with van der Waals surface area (Å²) in [5.74, 6) is 1.25. The average molecular weight is 265 g/mol. The van der Waals surface area contributed by atoms with Crippen molar-refractivity contribution in [1.82, 2.24) is 4.98 Å². The lowest BCUT2D eigenvalue weighted by molar-refractivity contribution is 0.198. The first kappa shape index (κ1) is 12.6. The van der Waals surface area contributed by atoms with Crippen molar-refractivity contribution < 1.29 is 9.84 Å². The number of hydrogen-bond donors (Lipinski definition) is 1. The van der Waals surface area contributed by atoms with Crippen LogP contribution in [0.3, 0.4) is 0 Å². The van der Waals surface area contributed by atoms with E-state index in [2.05, 4.69) is 4.98 Å². The molecule has 3 rings (SSSR count). The number of benzene rings is 2. The minimum atomic E-state index is -0.534. The number of rotatable bonds is 3. The van der Waals surface area contributed by atoms with Crippen molar-refractivity contribution in [3.63, 3.8) is 0 Å². The van der Waals surface area contributed by atoms with Crippen molar-refractivity contribution in [2.45, 2.75) is 13.0 Å². The van der Waals surface area contributed by atoms with Gasteiger partial charge in [0.25, 0.3) is 0 Å². The molecule has 0 radical (unpaired) electrons. The van der Waals surface area contributed by atoms with Crippen molar-refractivity contribution in [2.75, 3.05) is 0 Å². The normalized spacial score (nSPS) is 12.3. The first-order valence-electron chi connectivity index (χ1n) is 6.54. The number of pyridine rings is 1. The van der Waals surface area contributed by atoms with Gasteiger partial charge in [0.2, 0.25) is 5.88 Å². The number of aliphatic hydroxyl groups is 1.